The molecular formula is C43H41BrN4O7S. The number of thiophene rings is 1. The van der Waals surface area contributed by atoms with Crippen LogP contribution in [0.3, 0.4) is 0 Å². The number of phenols is 1. The van der Waals surface area contributed by atoms with E-state index in [0.717, 1.165) is 75.8 Å². The van der Waals surface area contributed by atoms with E-state index in [0.29, 0.717) is 47.9 Å². The van der Waals surface area contributed by atoms with Crippen LogP contribution in [0.2, 0.25) is 0 Å². The van der Waals surface area contributed by atoms with Gasteiger partial charge in [-0.3, -0.25) is 28.8 Å². The number of hydrogen-bond donors (Lipinski definition) is 1. The van der Waals surface area contributed by atoms with Crippen molar-refractivity contribution in [3.05, 3.63) is 106 Å². The minimum Gasteiger partial charge on any atom is -0.508 e. The predicted octanol–water partition coefficient (Wildman–Crippen LogP) is 7.79. The molecule has 1 saturated carbocycles. The number of carbonyl (C=O) groups excluding carboxylic acids is 2. The first-order valence-corrected chi connectivity index (χ1v) is 20.4. The second-order valence-electron chi connectivity index (χ2n) is 14.1. The summed E-state index contributed by atoms with van der Waals surface area (Å²) < 4.78 is 22.1. The highest BCUT2D eigenvalue weighted by molar-refractivity contribution is 9.10. The molecule has 2 fully saturated rings. The first kappa shape index (κ1) is 37.8. The smallest absolute Gasteiger partial charge is 0.262 e. The van der Waals surface area contributed by atoms with Gasteiger partial charge in [0.05, 0.1) is 22.7 Å². The van der Waals surface area contributed by atoms with E-state index in [9.17, 15) is 19.5 Å². The number of halogens is 1. The quantitative estimate of drug-likeness (QED) is 0.122. The van der Waals surface area contributed by atoms with Crippen molar-refractivity contribution in [1.29, 1.82) is 0 Å². The molecule has 1 N–H and O–H groups in total. The average molecular weight is 838 g/mol. The van der Waals surface area contributed by atoms with Gasteiger partial charge in [-0.05, 0) is 85.6 Å². The summed E-state index contributed by atoms with van der Waals surface area (Å²) in [7, 11) is 0. The number of ketones is 2. The Kier molecular flexibility index (Phi) is 11.2. The van der Waals surface area contributed by atoms with Crippen molar-refractivity contribution in [1.82, 2.24) is 19.4 Å². The second-order valence-corrected chi connectivity index (χ2v) is 16.1. The van der Waals surface area contributed by atoms with Gasteiger partial charge >= 0.3 is 0 Å². The topological polar surface area (TPSA) is 123 Å². The van der Waals surface area contributed by atoms with Crippen LogP contribution in [-0.4, -0.2) is 88.5 Å². The number of aromatic nitrogens is 2. The third-order valence-electron chi connectivity index (χ3n) is 10.4. The van der Waals surface area contributed by atoms with Crippen LogP contribution in [0.4, 0.5) is 0 Å². The fourth-order valence-electron chi connectivity index (χ4n) is 7.41. The molecule has 1 saturated heterocycles. The number of ether oxygens (including phenoxy) is 3. The number of hydrogen-bond acceptors (Lipinski definition) is 11. The maximum Gasteiger partial charge on any atom is 0.262 e. The molecule has 288 valence electrons. The van der Waals surface area contributed by atoms with Gasteiger partial charge in [0.1, 0.15) is 53.3 Å². The van der Waals surface area contributed by atoms with Crippen molar-refractivity contribution in [3.63, 3.8) is 0 Å². The molecule has 11 nitrogen and oxygen atoms in total. The van der Waals surface area contributed by atoms with Gasteiger partial charge in [-0.2, -0.15) is 0 Å². The molecule has 0 amide bonds. The van der Waals surface area contributed by atoms with Crippen molar-refractivity contribution in [2.45, 2.75) is 32.2 Å². The minimum absolute atomic E-state index is 0.0812. The van der Waals surface area contributed by atoms with Gasteiger partial charge < -0.3 is 19.3 Å². The number of nitrogens with zero attached hydrogens (tertiary/aromatic N) is 4. The van der Waals surface area contributed by atoms with Crippen LogP contribution >= 0.6 is 27.3 Å². The summed E-state index contributed by atoms with van der Waals surface area (Å²) >= 11 is 5.10. The average Bonchev–Trinajstić information content (AvgIpc) is 3.54. The van der Waals surface area contributed by atoms with E-state index in [1.54, 1.807) is 42.5 Å². The fraction of sp³-hybridized carbons (Fsp3) is 0.302. The Morgan fingerprint density at radius 3 is 2.25 bits per heavy atom. The van der Waals surface area contributed by atoms with Crippen molar-refractivity contribution < 1.29 is 28.9 Å². The van der Waals surface area contributed by atoms with Crippen LogP contribution in [0.1, 0.15) is 31.1 Å². The number of aryl methyl sites for hydroxylation is 1. The number of para-hydroxylation sites is 1. The summed E-state index contributed by atoms with van der Waals surface area (Å²) in [6, 6.07) is 25.8. The third-order valence-corrected chi connectivity index (χ3v) is 12.1. The zero-order valence-electron chi connectivity index (χ0n) is 30.9. The van der Waals surface area contributed by atoms with Gasteiger partial charge in [0.15, 0.2) is 11.5 Å². The molecule has 1 unspecified atom stereocenters. The summed E-state index contributed by atoms with van der Waals surface area (Å²) in [5.41, 5.74) is 1.24. The predicted molar refractivity (Wildman–Crippen MR) is 221 cm³/mol. The molecule has 8 rings (SSSR count). The van der Waals surface area contributed by atoms with Crippen LogP contribution in [0.5, 0.6) is 28.7 Å². The minimum atomic E-state index is -0.659. The Morgan fingerprint density at radius 1 is 0.839 bits per heavy atom. The molecule has 56 heavy (non-hydrogen) atoms. The Morgan fingerprint density at radius 2 is 1.54 bits per heavy atom. The van der Waals surface area contributed by atoms with Crippen LogP contribution < -0.4 is 19.8 Å². The molecule has 3 heterocycles. The molecule has 0 radical (unpaired) electrons. The van der Waals surface area contributed by atoms with Gasteiger partial charge in [0.2, 0.25) is 0 Å². The largest absolute Gasteiger partial charge is 0.508 e. The van der Waals surface area contributed by atoms with Crippen molar-refractivity contribution >= 4 is 59.8 Å². The lowest BCUT2D eigenvalue weighted by Crippen LogP contribution is -2.48. The van der Waals surface area contributed by atoms with E-state index in [-0.39, 0.29) is 35.7 Å². The Hall–Kier alpha value is -5.08. The lowest BCUT2D eigenvalue weighted by molar-refractivity contribution is -0.132. The van der Waals surface area contributed by atoms with Crippen molar-refractivity contribution in [2.75, 3.05) is 52.5 Å². The summed E-state index contributed by atoms with van der Waals surface area (Å²) in [4.78, 5) is 48.3. The number of Topliss-reactive ketones (excluding diaryl/α,β-unsaturated/α-hetero) is 2. The number of piperazine rings is 1. The van der Waals surface area contributed by atoms with E-state index in [1.807, 2.05) is 48.5 Å². The van der Waals surface area contributed by atoms with Crippen molar-refractivity contribution in [2.24, 2.45) is 0 Å². The van der Waals surface area contributed by atoms with E-state index in [1.165, 1.54) is 4.57 Å². The summed E-state index contributed by atoms with van der Waals surface area (Å²) in [6.45, 7) is 7.95. The van der Waals surface area contributed by atoms with Crippen molar-refractivity contribution in [3.8, 4) is 39.2 Å². The zero-order valence-corrected chi connectivity index (χ0v) is 33.3. The molecular weight excluding hydrogens is 796 g/mol. The molecule has 1 atom stereocenters. The first-order valence-electron chi connectivity index (χ1n) is 18.8. The fourth-order valence-corrected chi connectivity index (χ4v) is 8.84. The summed E-state index contributed by atoms with van der Waals surface area (Å²) in [5.74, 6) is 3.13. The first-order chi connectivity index (χ1) is 27.2. The molecule has 1 aliphatic carbocycles. The normalized spacial score (nSPS) is 16.8. The molecule has 0 spiro atoms. The highest BCUT2D eigenvalue weighted by Gasteiger charge is 2.31. The molecule has 2 aliphatic rings. The molecule has 2 aromatic heterocycles. The van der Waals surface area contributed by atoms with Gasteiger partial charge in [-0.1, -0.05) is 34.1 Å². The molecule has 6 aromatic rings. The number of fused-ring (bicyclic) bond motifs is 2. The highest BCUT2D eigenvalue weighted by atomic mass is 79.9. The Labute approximate surface area is 336 Å². The lowest BCUT2D eigenvalue weighted by Gasteiger charge is -2.34. The standard InChI is InChI=1S/C43H41BrN4O7S/c1-27-45-40-35(43(52)48(27)36-16-10-30(49)25-37(36)51)3-2-4-38(40)54-24-22-47-19-17-46(18-20-47)21-23-53-32-11-13-33(14-12-32)55-41-34-15-9-31(50)26-39(34)56-42(41)28-5-7-29(44)8-6-28/h2-9,11-15,26,36,50H,10,16-25H2,1H3. The number of phenolic OH excluding ortho intramolecular Hbond substituents is 1. The second kappa shape index (κ2) is 16.6. The van der Waals surface area contributed by atoms with Crippen LogP contribution in [0, 0.1) is 6.92 Å². The van der Waals surface area contributed by atoms with E-state index < -0.39 is 6.04 Å². The third kappa shape index (κ3) is 8.22. The SMILES string of the molecule is Cc1nc2c(OCCN3CCN(CCOc4ccc(Oc5c(-c6ccc(Br)cc6)sc6cc(O)ccc56)cc4)CC3)cccc2c(=O)n1C1CCC(=O)CC1=O. The van der Waals surface area contributed by atoms with Crippen LogP contribution in [-0.2, 0) is 9.59 Å². The zero-order chi connectivity index (χ0) is 38.8. The Balaban J connectivity index is 0.805. The van der Waals surface area contributed by atoms with Gasteiger partial charge in [-0.25, -0.2) is 4.98 Å². The maximum atomic E-state index is 13.5. The highest BCUT2D eigenvalue weighted by Crippen LogP contribution is 2.47. The van der Waals surface area contributed by atoms with Gasteiger partial charge in [0, 0.05) is 60.2 Å². The molecule has 0 bridgehead atoms. The lowest BCUT2D eigenvalue weighted by atomic mass is 9.92. The maximum absolute atomic E-state index is 13.5. The molecule has 1 aliphatic heterocycles. The van der Waals surface area contributed by atoms with Crippen LogP contribution in [0.25, 0.3) is 31.4 Å². The van der Waals surface area contributed by atoms with Gasteiger partial charge in [-0.15, -0.1) is 11.3 Å². The van der Waals surface area contributed by atoms with Gasteiger partial charge in [0.25, 0.3) is 5.56 Å². The van der Waals surface area contributed by atoms with Crippen LogP contribution in [0.15, 0.2) is 94.2 Å². The summed E-state index contributed by atoms with van der Waals surface area (Å²) in [5, 5.41) is 11.4. The van der Waals surface area contributed by atoms with E-state index in [4.69, 9.17) is 19.2 Å². The number of benzene rings is 4. The Bertz CT molecular complexity index is 2460. The monoisotopic (exact) mass is 836 g/mol. The molecule has 13 heteroatoms. The number of aromatic hydroxyl groups is 1. The van der Waals surface area contributed by atoms with E-state index >= 15 is 0 Å². The summed E-state index contributed by atoms with van der Waals surface area (Å²) in [6.07, 6.45) is 0.478. The number of carbonyl (C=O) groups is 2. The molecule has 4 aromatic carbocycles. The van der Waals surface area contributed by atoms with E-state index in [2.05, 4.69) is 37.9 Å². The number of rotatable bonds is 12.